The molecule has 19 heavy (non-hydrogen) atoms. The number of sulfonamides is 1. The highest BCUT2D eigenvalue weighted by molar-refractivity contribution is 7.89. The van der Waals surface area contributed by atoms with Gasteiger partial charge in [-0.15, -0.1) is 0 Å². The zero-order chi connectivity index (χ0) is 14.5. The summed E-state index contributed by atoms with van der Waals surface area (Å²) in [6, 6.07) is 7.58. The maximum atomic E-state index is 11.9. The fourth-order valence-corrected chi connectivity index (χ4v) is 2.41. The second-order valence-electron chi connectivity index (χ2n) is 4.08. The lowest BCUT2D eigenvalue weighted by molar-refractivity contribution is -0.128. The van der Waals surface area contributed by atoms with E-state index in [0.717, 1.165) is 0 Å². The molecule has 7 heteroatoms. The third-order valence-corrected chi connectivity index (χ3v) is 3.86. The minimum Gasteiger partial charge on any atom is -0.349 e. The second-order valence-corrected chi connectivity index (χ2v) is 5.84. The van der Waals surface area contributed by atoms with Gasteiger partial charge in [0.15, 0.2) is 0 Å². The smallest absolute Gasteiger partial charge is 0.240 e. The molecule has 1 N–H and O–H groups in total. The number of amides is 1. The molecule has 0 saturated heterocycles. The van der Waals surface area contributed by atoms with Crippen molar-refractivity contribution in [2.45, 2.75) is 11.3 Å². The Balaban J connectivity index is 2.71. The van der Waals surface area contributed by atoms with Gasteiger partial charge in [0.25, 0.3) is 0 Å². The predicted molar refractivity (Wildman–Crippen MR) is 69.7 cm³/mol. The van der Waals surface area contributed by atoms with Gasteiger partial charge >= 0.3 is 0 Å². The van der Waals surface area contributed by atoms with E-state index in [-0.39, 0.29) is 29.3 Å². The van der Waals surface area contributed by atoms with Gasteiger partial charge in [0.2, 0.25) is 15.9 Å². The highest BCUT2D eigenvalue weighted by Gasteiger charge is 2.14. The molecule has 6 nitrogen and oxygen atoms in total. The molecule has 0 saturated carbocycles. The van der Waals surface area contributed by atoms with Crippen LogP contribution in [0, 0.1) is 11.3 Å². The molecule has 1 rings (SSSR count). The van der Waals surface area contributed by atoms with Gasteiger partial charge in [-0.3, -0.25) is 4.79 Å². The molecule has 0 spiro atoms. The zero-order valence-electron chi connectivity index (χ0n) is 10.8. The van der Waals surface area contributed by atoms with Crippen molar-refractivity contribution < 1.29 is 13.2 Å². The molecule has 1 aromatic rings. The molecule has 0 aliphatic carbocycles. The maximum Gasteiger partial charge on any atom is 0.240 e. The first-order valence-electron chi connectivity index (χ1n) is 5.57. The van der Waals surface area contributed by atoms with Gasteiger partial charge in [-0.05, 0) is 18.2 Å². The molecule has 0 atom stereocenters. The van der Waals surface area contributed by atoms with E-state index < -0.39 is 10.0 Å². The molecule has 102 valence electrons. The first-order valence-corrected chi connectivity index (χ1v) is 7.05. The quantitative estimate of drug-likeness (QED) is 0.841. The predicted octanol–water partition coefficient (Wildman–Crippen LogP) is 0.315. The SMILES string of the molecule is CN(C)C(=O)CCNS(=O)(=O)c1cccc(C#N)c1. The van der Waals surface area contributed by atoms with Crippen molar-refractivity contribution in [3.8, 4) is 6.07 Å². The van der Waals surface area contributed by atoms with Crippen LogP contribution in [0.2, 0.25) is 0 Å². The summed E-state index contributed by atoms with van der Waals surface area (Å²) in [5.74, 6) is -0.159. The van der Waals surface area contributed by atoms with Crippen molar-refractivity contribution in [3.05, 3.63) is 29.8 Å². The van der Waals surface area contributed by atoms with Gasteiger partial charge < -0.3 is 4.90 Å². The van der Waals surface area contributed by atoms with Gasteiger partial charge in [0.1, 0.15) is 0 Å². The van der Waals surface area contributed by atoms with Crippen molar-refractivity contribution in [2.75, 3.05) is 20.6 Å². The number of rotatable bonds is 5. The Bertz CT molecular complexity index is 603. The number of nitriles is 1. The van der Waals surface area contributed by atoms with Crippen LogP contribution in [0.3, 0.4) is 0 Å². The van der Waals surface area contributed by atoms with Crippen molar-refractivity contribution in [1.29, 1.82) is 5.26 Å². The molecule has 0 aromatic heterocycles. The molecule has 1 aromatic carbocycles. The van der Waals surface area contributed by atoms with E-state index in [1.807, 2.05) is 6.07 Å². The Morgan fingerprint density at radius 1 is 1.42 bits per heavy atom. The zero-order valence-corrected chi connectivity index (χ0v) is 11.6. The number of carbonyl (C=O) groups is 1. The van der Waals surface area contributed by atoms with Crippen LogP contribution in [-0.2, 0) is 14.8 Å². The third kappa shape index (κ3) is 4.35. The molecule has 1 amide bonds. The summed E-state index contributed by atoms with van der Waals surface area (Å²) in [7, 11) is -0.477. The molecule has 0 unspecified atom stereocenters. The second kappa shape index (κ2) is 6.31. The average Bonchev–Trinajstić information content (AvgIpc) is 2.38. The van der Waals surface area contributed by atoms with E-state index in [1.54, 1.807) is 14.1 Å². The Morgan fingerprint density at radius 2 is 2.11 bits per heavy atom. The van der Waals surface area contributed by atoms with Crippen LogP contribution in [0.4, 0.5) is 0 Å². The van der Waals surface area contributed by atoms with Crippen LogP contribution >= 0.6 is 0 Å². The summed E-state index contributed by atoms with van der Waals surface area (Å²) in [6.45, 7) is 0.0239. The molecule has 0 bridgehead atoms. The molecular weight excluding hydrogens is 266 g/mol. The number of nitrogens with zero attached hydrogens (tertiary/aromatic N) is 2. The largest absolute Gasteiger partial charge is 0.349 e. The van der Waals surface area contributed by atoms with Crippen LogP contribution in [0.1, 0.15) is 12.0 Å². The summed E-state index contributed by atoms with van der Waals surface area (Å²) >= 11 is 0. The summed E-state index contributed by atoms with van der Waals surface area (Å²) in [6.07, 6.45) is 0.0875. The summed E-state index contributed by atoms with van der Waals surface area (Å²) in [4.78, 5) is 12.7. The van der Waals surface area contributed by atoms with E-state index in [0.29, 0.717) is 0 Å². The Kier molecular flexibility index (Phi) is 5.03. The lowest BCUT2D eigenvalue weighted by Gasteiger charge is -2.11. The van der Waals surface area contributed by atoms with Gasteiger partial charge in [0, 0.05) is 27.1 Å². The van der Waals surface area contributed by atoms with E-state index in [4.69, 9.17) is 5.26 Å². The average molecular weight is 281 g/mol. The van der Waals surface area contributed by atoms with Gasteiger partial charge in [0.05, 0.1) is 16.5 Å². The summed E-state index contributed by atoms with van der Waals surface area (Å²) in [5, 5.41) is 8.72. The highest BCUT2D eigenvalue weighted by Crippen LogP contribution is 2.10. The van der Waals surface area contributed by atoms with Crippen molar-refractivity contribution in [1.82, 2.24) is 9.62 Å². The monoisotopic (exact) mass is 281 g/mol. The molecule has 0 radical (unpaired) electrons. The van der Waals surface area contributed by atoms with E-state index in [1.165, 1.54) is 29.2 Å². The number of nitrogens with one attached hydrogen (secondary N) is 1. The number of benzene rings is 1. The molecule has 0 aliphatic heterocycles. The standard InChI is InChI=1S/C12H15N3O3S/c1-15(2)12(16)6-7-14-19(17,18)11-5-3-4-10(8-11)9-13/h3-5,8,14H,6-7H2,1-2H3. The molecular formula is C12H15N3O3S. The Morgan fingerprint density at radius 3 is 2.68 bits per heavy atom. The fourth-order valence-electron chi connectivity index (χ4n) is 1.33. The van der Waals surface area contributed by atoms with Crippen LogP contribution in [0.25, 0.3) is 0 Å². The van der Waals surface area contributed by atoms with Crippen LogP contribution < -0.4 is 4.72 Å². The Hall–Kier alpha value is -1.91. The van der Waals surface area contributed by atoms with E-state index in [9.17, 15) is 13.2 Å². The fraction of sp³-hybridized carbons (Fsp3) is 0.333. The van der Waals surface area contributed by atoms with Gasteiger partial charge in [-0.1, -0.05) is 6.07 Å². The van der Waals surface area contributed by atoms with Gasteiger partial charge in [-0.2, -0.15) is 5.26 Å². The first kappa shape index (κ1) is 15.1. The number of hydrogen-bond acceptors (Lipinski definition) is 4. The molecule has 0 heterocycles. The normalized spacial score (nSPS) is 10.8. The minimum absolute atomic E-state index is 0.0175. The van der Waals surface area contributed by atoms with Crippen LogP contribution in [0.15, 0.2) is 29.2 Å². The molecule has 0 aliphatic rings. The van der Waals surface area contributed by atoms with Crippen LogP contribution in [-0.4, -0.2) is 39.9 Å². The van der Waals surface area contributed by atoms with Gasteiger partial charge in [-0.25, -0.2) is 13.1 Å². The summed E-state index contributed by atoms with van der Waals surface area (Å²) < 4.78 is 26.1. The lowest BCUT2D eigenvalue weighted by atomic mass is 10.2. The Labute approximate surface area is 112 Å². The van der Waals surface area contributed by atoms with Crippen molar-refractivity contribution in [2.24, 2.45) is 0 Å². The van der Waals surface area contributed by atoms with Crippen molar-refractivity contribution in [3.63, 3.8) is 0 Å². The highest BCUT2D eigenvalue weighted by atomic mass is 32.2. The minimum atomic E-state index is -3.69. The van der Waals surface area contributed by atoms with Crippen molar-refractivity contribution >= 4 is 15.9 Å². The number of hydrogen-bond donors (Lipinski definition) is 1. The maximum absolute atomic E-state index is 11.9. The summed E-state index contributed by atoms with van der Waals surface area (Å²) in [5.41, 5.74) is 0.271. The van der Waals surface area contributed by atoms with E-state index >= 15 is 0 Å². The number of carbonyl (C=O) groups excluding carboxylic acids is 1. The third-order valence-electron chi connectivity index (χ3n) is 2.40. The molecule has 0 fully saturated rings. The topological polar surface area (TPSA) is 90.3 Å². The first-order chi connectivity index (χ1) is 8.86. The van der Waals surface area contributed by atoms with E-state index in [2.05, 4.69) is 4.72 Å². The van der Waals surface area contributed by atoms with Crippen LogP contribution in [0.5, 0.6) is 0 Å². The lowest BCUT2D eigenvalue weighted by Crippen LogP contribution is -2.30.